The number of aryl methyl sites for hydroxylation is 1. The molecule has 0 unspecified atom stereocenters. The third-order valence-electron chi connectivity index (χ3n) is 4.74. The molecule has 0 radical (unpaired) electrons. The van der Waals surface area contributed by atoms with E-state index in [-0.39, 0.29) is 11.8 Å². The van der Waals surface area contributed by atoms with Crippen LogP contribution in [0, 0.1) is 5.92 Å². The molecule has 1 aromatic heterocycles. The number of aromatic nitrogens is 2. The van der Waals surface area contributed by atoms with Gasteiger partial charge in [-0.25, -0.2) is 4.98 Å². The van der Waals surface area contributed by atoms with Gasteiger partial charge in [-0.1, -0.05) is 32.0 Å². The molecule has 29 heavy (non-hydrogen) atoms. The maximum atomic E-state index is 11.8. The van der Waals surface area contributed by atoms with Crippen molar-refractivity contribution in [3.05, 3.63) is 54.4 Å². The molecule has 1 amide bonds. The van der Waals surface area contributed by atoms with Gasteiger partial charge in [-0.2, -0.15) is 0 Å². The highest BCUT2D eigenvalue weighted by Crippen LogP contribution is 2.20. The Balaban J connectivity index is 1.61. The highest BCUT2D eigenvalue weighted by Gasteiger charge is 2.12. The SMILES string of the molecule is COc1cccc(OCCCn2c(CCNC(=O)C(C)C)nc3ccccc32)c1. The number of para-hydroxylation sites is 2. The minimum absolute atomic E-state index is 0.0115. The van der Waals surface area contributed by atoms with Crippen LogP contribution in [0.2, 0.25) is 0 Å². The second-order valence-electron chi connectivity index (χ2n) is 7.25. The van der Waals surface area contributed by atoms with Crippen LogP contribution < -0.4 is 14.8 Å². The van der Waals surface area contributed by atoms with Gasteiger partial charge in [-0.3, -0.25) is 4.79 Å². The Hall–Kier alpha value is -3.02. The smallest absolute Gasteiger partial charge is 0.222 e. The topological polar surface area (TPSA) is 65.4 Å². The average molecular weight is 396 g/mol. The van der Waals surface area contributed by atoms with Gasteiger partial charge in [-0.15, -0.1) is 0 Å². The van der Waals surface area contributed by atoms with Gasteiger partial charge in [0, 0.05) is 31.5 Å². The fourth-order valence-corrected chi connectivity index (χ4v) is 3.17. The fourth-order valence-electron chi connectivity index (χ4n) is 3.17. The molecule has 0 bridgehead atoms. The first-order valence-corrected chi connectivity index (χ1v) is 10.1. The molecule has 1 heterocycles. The summed E-state index contributed by atoms with van der Waals surface area (Å²) in [6.45, 7) is 5.78. The number of methoxy groups -OCH3 is 1. The van der Waals surface area contributed by atoms with Gasteiger partial charge in [0.15, 0.2) is 0 Å². The molecular weight excluding hydrogens is 366 g/mol. The third kappa shape index (κ3) is 5.50. The van der Waals surface area contributed by atoms with E-state index in [2.05, 4.69) is 16.0 Å². The summed E-state index contributed by atoms with van der Waals surface area (Å²) >= 11 is 0. The van der Waals surface area contributed by atoms with Gasteiger partial charge in [0.25, 0.3) is 0 Å². The van der Waals surface area contributed by atoms with Crippen molar-refractivity contribution in [1.29, 1.82) is 0 Å². The van der Waals surface area contributed by atoms with Crippen molar-refractivity contribution >= 4 is 16.9 Å². The molecule has 154 valence electrons. The van der Waals surface area contributed by atoms with Crippen LogP contribution in [0.1, 0.15) is 26.1 Å². The van der Waals surface area contributed by atoms with Gasteiger partial charge in [-0.05, 0) is 30.7 Å². The van der Waals surface area contributed by atoms with Gasteiger partial charge >= 0.3 is 0 Å². The first-order chi connectivity index (χ1) is 14.1. The van der Waals surface area contributed by atoms with Crippen LogP contribution in [0.5, 0.6) is 11.5 Å². The van der Waals surface area contributed by atoms with Gasteiger partial charge in [0.1, 0.15) is 17.3 Å². The monoisotopic (exact) mass is 395 g/mol. The first kappa shape index (κ1) is 20.7. The Morgan fingerprint density at radius 2 is 1.93 bits per heavy atom. The Bertz CT molecular complexity index is 949. The molecule has 6 heteroatoms. The van der Waals surface area contributed by atoms with Crippen LogP contribution in [0.4, 0.5) is 0 Å². The summed E-state index contributed by atoms with van der Waals surface area (Å²) in [5, 5.41) is 2.97. The molecule has 1 N–H and O–H groups in total. The lowest BCUT2D eigenvalue weighted by molar-refractivity contribution is -0.123. The lowest BCUT2D eigenvalue weighted by Gasteiger charge is -2.12. The zero-order valence-corrected chi connectivity index (χ0v) is 17.4. The number of imidazole rings is 1. The van der Waals surface area contributed by atoms with Gasteiger partial charge in [0.05, 0.1) is 24.8 Å². The second kappa shape index (κ2) is 9.96. The van der Waals surface area contributed by atoms with Gasteiger partial charge in [0.2, 0.25) is 5.91 Å². The number of benzene rings is 2. The standard InChI is InChI=1S/C23H29N3O3/c1-17(2)23(27)24-13-12-22-25-20-10-4-5-11-21(20)26(22)14-7-15-29-19-9-6-8-18(16-19)28-3/h4-6,8-11,16-17H,7,12-15H2,1-3H3,(H,24,27). The summed E-state index contributed by atoms with van der Waals surface area (Å²) < 4.78 is 13.3. The van der Waals surface area contributed by atoms with Crippen LogP contribution in [0.25, 0.3) is 11.0 Å². The number of nitrogens with one attached hydrogen (secondary N) is 1. The number of carbonyl (C=O) groups excluding carboxylic acids is 1. The number of fused-ring (bicyclic) bond motifs is 1. The van der Waals surface area contributed by atoms with E-state index in [9.17, 15) is 4.79 Å². The molecule has 0 atom stereocenters. The van der Waals surface area contributed by atoms with Crippen LogP contribution in [-0.2, 0) is 17.8 Å². The number of ether oxygens (including phenoxy) is 2. The predicted molar refractivity (Wildman–Crippen MR) is 114 cm³/mol. The van der Waals surface area contributed by atoms with Crippen molar-refractivity contribution in [3.63, 3.8) is 0 Å². The normalized spacial score (nSPS) is 11.0. The molecule has 3 aromatic rings. The van der Waals surface area contributed by atoms with Crippen molar-refractivity contribution in [1.82, 2.24) is 14.9 Å². The van der Waals surface area contributed by atoms with E-state index in [0.717, 1.165) is 41.3 Å². The first-order valence-electron chi connectivity index (χ1n) is 10.1. The number of carbonyl (C=O) groups is 1. The maximum Gasteiger partial charge on any atom is 0.222 e. The van der Waals surface area contributed by atoms with Crippen molar-refractivity contribution in [2.75, 3.05) is 20.3 Å². The van der Waals surface area contributed by atoms with Crippen molar-refractivity contribution in [2.24, 2.45) is 5.92 Å². The molecular formula is C23H29N3O3. The summed E-state index contributed by atoms with van der Waals surface area (Å²) in [6, 6.07) is 15.8. The quantitative estimate of drug-likeness (QED) is 0.530. The Labute approximate surface area is 171 Å². The zero-order chi connectivity index (χ0) is 20.6. The van der Waals surface area contributed by atoms with Crippen LogP contribution in [0.15, 0.2) is 48.5 Å². The summed E-state index contributed by atoms with van der Waals surface area (Å²) in [6.07, 6.45) is 1.55. The molecule has 0 aliphatic rings. The van der Waals surface area contributed by atoms with E-state index in [1.807, 2.05) is 56.3 Å². The Morgan fingerprint density at radius 3 is 2.72 bits per heavy atom. The minimum Gasteiger partial charge on any atom is -0.497 e. The van der Waals surface area contributed by atoms with Crippen molar-refractivity contribution in [3.8, 4) is 11.5 Å². The molecule has 0 saturated heterocycles. The molecule has 0 spiro atoms. The fraction of sp³-hybridized carbons (Fsp3) is 0.391. The summed E-state index contributed by atoms with van der Waals surface area (Å²) in [4.78, 5) is 16.6. The second-order valence-corrected chi connectivity index (χ2v) is 7.25. The van der Waals surface area contributed by atoms with Crippen LogP contribution in [-0.4, -0.2) is 35.7 Å². The predicted octanol–water partition coefficient (Wildman–Crippen LogP) is 3.83. The van der Waals surface area contributed by atoms with E-state index in [1.54, 1.807) is 7.11 Å². The highest BCUT2D eigenvalue weighted by molar-refractivity contribution is 5.78. The van der Waals surface area contributed by atoms with E-state index >= 15 is 0 Å². The summed E-state index contributed by atoms with van der Waals surface area (Å²) in [7, 11) is 1.65. The lowest BCUT2D eigenvalue weighted by Crippen LogP contribution is -2.30. The van der Waals surface area contributed by atoms with Gasteiger partial charge < -0.3 is 19.4 Å². The largest absolute Gasteiger partial charge is 0.497 e. The van der Waals surface area contributed by atoms with Crippen molar-refractivity contribution < 1.29 is 14.3 Å². The number of nitrogens with zero attached hydrogens (tertiary/aromatic N) is 2. The molecule has 0 aliphatic heterocycles. The lowest BCUT2D eigenvalue weighted by atomic mass is 10.2. The molecule has 6 nitrogen and oxygen atoms in total. The Morgan fingerprint density at radius 1 is 1.14 bits per heavy atom. The van der Waals surface area contributed by atoms with E-state index in [1.165, 1.54) is 0 Å². The van der Waals surface area contributed by atoms with E-state index in [0.29, 0.717) is 19.6 Å². The van der Waals surface area contributed by atoms with E-state index < -0.39 is 0 Å². The molecule has 3 rings (SSSR count). The molecule has 2 aromatic carbocycles. The zero-order valence-electron chi connectivity index (χ0n) is 17.4. The molecule has 0 aliphatic carbocycles. The highest BCUT2D eigenvalue weighted by atomic mass is 16.5. The summed E-state index contributed by atoms with van der Waals surface area (Å²) in [5.41, 5.74) is 2.09. The van der Waals surface area contributed by atoms with Crippen LogP contribution in [0.3, 0.4) is 0 Å². The summed E-state index contributed by atoms with van der Waals surface area (Å²) in [5.74, 6) is 2.63. The number of amides is 1. The van der Waals surface area contributed by atoms with E-state index in [4.69, 9.17) is 14.5 Å². The van der Waals surface area contributed by atoms with Crippen molar-refractivity contribution in [2.45, 2.75) is 33.2 Å². The van der Waals surface area contributed by atoms with Crippen LogP contribution >= 0.6 is 0 Å². The molecule has 0 saturated carbocycles. The number of rotatable bonds is 10. The minimum atomic E-state index is -0.0115. The number of hydrogen-bond acceptors (Lipinski definition) is 4. The Kier molecular flexibility index (Phi) is 7.11. The maximum absolute atomic E-state index is 11.8. The molecule has 0 fully saturated rings. The third-order valence-corrected chi connectivity index (χ3v) is 4.74. The average Bonchev–Trinajstić information content (AvgIpc) is 3.08. The number of hydrogen-bond donors (Lipinski definition) is 1.